The van der Waals surface area contributed by atoms with E-state index < -0.39 is 0 Å². The molecule has 3 heterocycles. The maximum absolute atomic E-state index is 12.5. The third-order valence-electron chi connectivity index (χ3n) is 6.72. The lowest BCUT2D eigenvalue weighted by Gasteiger charge is -2.40. The Balaban J connectivity index is 1.30. The molecule has 1 amide bonds. The fraction of sp³-hybridized carbons (Fsp3) is 0.417. The molecule has 0 radical (unpaired) electrons. The van der Waals surface area contributed by atoms with E-state index in [9.17, 15) is 4.79 Å². The molecule has 0 atom stereocenters. The molecule has 33 heavy (non-hydrogen) atoms. The maximum Gasteiger partial charge on any atom is 0.410 e. The Morgan fingerprint density at radius 2 is 2.06 bits per heavy atom. The molecule has 5 rings (SSSR count). The number of nitrogens with zero attached hydrogens (tertiary/aromatic N) is 5. The Labute approximate surface area is 197 Å². The zero-order valence-corrected chi connectivity index (χ0v) is 19.2. The molecule has 9 heteroatoms. The molecule has 1 saturated heterocycles. The number of nitriles is 1. The molecule has 1 saturated carbocycles. The highest BCUT2D eigenvalue weighted by Gasteiger charge is 2.37. The normalized spacial score (nSPS) is 17.9. The molecule has 2 aromatic heterocycles. The molecular formula is C24H25ClN6O2. The van der Waals surface area contributed by atoms with Crippen molar-refractivity contribution in [3.8, 4) is 6.07 Å². The summed E-state index contributed by atoms with van der Waals surface area (Å²) in [6, 6.07) is 9.42. The SMILES string of the molecule is CC1(OC(=O)N2CCC(n3ccc4c(Nc5ccc(C#N)cc5Cl)ncnc43)CC2)CCC1. The third kappa shape index (κ3) is 4.21. The number of benzene rings is 1. The van der Waals surface area contributed by atoms with Gasteiger partial charge in [0.05, 0.1) is 27.7 Å². The van der Waals surface area contributed by atoms with Crippen molar-refractivity contribution in [2.75, 3.05) is 18.4 Å². The van der Waals surface area contributed by atoms with Crippen LogP contribution in [0, 0.1) is 11.3 Å². The number of rotatable bonds is 4. The summed E-state index contributed by atoms with van der Waals surface area (Å²) >= 11 is 6.32. The lowest BCUT2D eigenvalue weighted by Crippen LogP contribution is -2.46. The summed E-state index contributed by atoms with van der Waals surface area (Å²) in [6.45, 7) is 3.34. The van der Waals surface area contributed by atoms with Gasteiger partial charge in [-0.2, -0.15) is 5.26 Å². The van der Waals surface area contributed by atoms with Gasteiger partial charge >= 0.3 is 6.09 Å². The number of piperidine rings is 1. The molecule has 2 fully saturated rings. The zero-order valence-electron chi connectivity index (χ0n) is 18.4. The van der Waals surface area contributed by atoms with Crippen LogP contribution in [0.5, 0.6) is 0 Å². The summed E-state index contributed by atoms with van der Waals surface area (Å²) in [5.41, 5.74) is 1.74. The quantitative estimate of drug-likeness (QED) is 0.554. The van der Waals surface area contributed by atoms with Crippen LogP contribution >= 0.6 is 11.6 Å². The summed E-state index contributed by atoms with van der Waals surface area (Å²) in [5.74, 6) is 0.653. The van der Waals surface area contributed by atoms with Gasteiger partial charge in [-0.15, -0.1) is 0 Å². The minimum absolute atomic E-state index is 0.193. The van der Waals surface area contributed by atoms with E-state index in [1.165, 1.54) is 6.33 Å². The van der Waals surface area contributed by atoms with Gasteiger partial charge in [-0.3, -0.25) is 0 Å². The first-order valence-corrected chi connectivity index (χ1v) is 11.6. The number of hydrogen-bond acceptors (Lipinski definition) is 6. The van der Waals surface area contributed by atoms with Gasteiger partial charge < -0.3 is 19.5 Å². The monoisotopic (exact) mass is 464 g/mol. The molecule has 0 spiro atoms. The average Bonchev–Trinajstić information content (AvgIpc) is 3.24. The van der Waals surface area contributed by atoms with Gasteiger partial charge in [0.1, 0.15) is 23.4 Å². The summed E-state index contributed by atoms with van der Waals surface area (Å²) in [6.07, 6.45) is 8.07. The number of anilines is 2. The number of fused-ring (bicyclic) bond motifs is 1. The van der Waals surface area contributed by atoms with Crippen molar-refractivity contribution in [1.29, 1.82) is 5.26 Å². The van der Waals surface area contributed by atoms with Crippen LogP contribution < -0.4 is 5.32 Å². The Morgan fingerprint density at radius 1 is 1.27 bits per heavy atom. The second-order valence-corrected chi connectivity index (χ2v) is 9.41. The van der Waals surface area contributed by atoms with Crippen LogP contribution in [0.2, 0.25) is 5.02 Å². The summed E-state index contributed by atoms with van der Waals surface area (Å²) in [4.78, 5) is 23.3. The van der Waals surface area contributed by atoms with E-state index in [0.29, 0.717) is 35.2 Å². The van der Waals surface area contributed by atoms with Crippen molar-refractivity contribution in [3.63, 3.8) is 0 Å². The van der Waals surface area contributed by atoms with Crippen LogP contribution in [0.25, 0.3) is 11.0 Å². The highest BCUT2D eigenvalue weighted by molar-refractivity contribution is 6.33. The van der Waals surface area contributed by atoms with E-state index >= 15 is 0 Å². The van der Waals surface area contributed by atoms with Crippen molar-refractivity contribution >= 4 is 40.2 Å². The van der Waals surface area contributed by atoms with Crippen LogP contribution in [-0.2, 0) is 4.74 Å². The van der Waals surface area contributed by atoms with Gasteiger partial charge in [-0.25, -0.2) is 14.8 Å². The molecule has 2 aliphatic rings. The zero-order chi connectivity index (χ0) is 23.0. The summed E-state index contributed by atoms with van der Waals surface area (Å²) in [5, 5.41) is 13.6. The molecule has 1 aromatic carbocycles. The molecule has 1 N–H and O–H groups in total. The minimum Gasteiger partial charge on any atom is -0.443 e. The Morgan fingerprint density at radius 3 is 2.73 bits per heavy atom. The number of aromatic nitrogens is 3. The number of carbonyl (C=O) groups excluding carboxylic acids is 1. The number of amides is 1. The van der Waals surface area contributed by atoms with Crippen LogP contribution in [0.15, 0.2) is 36.8 Å². The van der Waals surface area contributed by atoms with Gasteiger partial charge in [0.25, 0.3) is 0 Å². The first-order valence-electron chi connectivity index (χ1n) is 11.2. The highest BCUT2D eigenvalue weighted by Crippen LogP contribution is 2.36. The molecule has 0 unspecified atom stereocenters. The summed E-state index contributed by atoms with van der Waals surface area (Å²) in [7, 11) is 0. The van der Waals surface area contributed by atoms with Crippen LogP contribution in [0.4, 0.5) is 16.3 Å². The molecule has 170 valence electrons. The number of ether oxygens (including phenoxy) is 1. The van der Waals surface area contributed by atoms with Gasteiger partial charge in [0.2, 0.25) is 0 Å². The van der Waals surface area contributed by atoms with Crippen molar-refractivity contribution in [2.45, 2.75) is 50.7 Å². The van der Waals surface area contributed by atoms with Gasteiger partial charge in [0.15, 0.2) is 0 Å². The van der Waals surface area contributed by atoms with E-state index in [2.05, 4.69) is 25.9 Å². The smallest absolute Gasteiger partial charge is 0.410 e. The molecule has 3 aromatic rings. The number of halogens is 1. The number of nitrogens with one attached hydrogen (secondary N) is 1. The molecule has 1 aliphatic carbocycles. The van der Waals surface area contributed by atoms with Crippen LogP contribution in [0.3, 0.4) is 0 Å². The van der Waals surface area contributed by atoms with Crippen LogP contribution in [-0.4, -0.2) is 44.2 Å². The molecule has 1 aliphatic heterocycles. The van der Waals surface area contributed by atoms with E-state index in [1.807, 2.05) is 24.1 Å². The Bertz CT molecular complexity index is 1240. The Hall–Kier alpha value is -3.31. The third-order valence-corrected chi connectivity index (χ3v) is 7.03. The number of likely N-dealkylation sites (tertiary alicyclic amines) is 1. The molecular weight excluding hydrogens is 440 g/mol. The van der Waals surface area contributed by atoms with Crippen molar-refractivity contribution in [3.05, 3.63) is 47.4 Å². The van der Waals surface area contributed by atoms with Crippen molar-refractivity contribution in [2.24, 2.45) is 0 Å². The van der Waals surface area contributed by atoms with Crippen LogP contribution in [0.1, 0.15) is 50.6 Å². The van der Waals surface area contributed by atoms with Crippen molar-refractivity contribution < 1.29 is 9.53 Å². The first-order chi connectivity index (χ1) is 16.0. The lowest BCUT2D eigenvalue weighted by atomic mass is 9.82. The predicted octanol–water partition coefficient (Wildman–Crippen LogP) is 5.42. The first kappa shape index (κ1) is 21.5. The van der Waals surface area contributed by atoms with E-state index in [4.69, 9.17) is 21.6 Å². The summed E-state index contributed by atoms with van der Waals surface area (Å²) < 4.78 is 7.89. The second kappa shape index (κ2) is 8.56. The largest absolute Gasteiger partial charge is 0.443 e. The standard InChI is InChI=1S/C24H25ClN6O2/c1-24(8-2-9-24)33-23(32)30-10-5-17(6-11-30)31-12-7-18-21(27-15-28-22(18)31)29-20-4-3-16(14-26)13-19(20)25/h3-4,7,12-13,15,17H,2,5-6,8-11H2,1H3,(H,27,28,29). The Kier molecular flexibility index (Phi) is 5.59. The average molecular weight is 465 g/mol. The van der Waals surface area contributed by atoms with Crippen molar-refractivity contribution in [1.82, 2.24) is 19.4 Å². The topological polar surface area (TPSA) is 96.1 Å². The highest BCUT2D eigenvalue weighted by atomic mass is 35.5. The van der Waals surface area contributed by atoms with Gasteiger partial charge in [0, 0.05) is 25.3 Å². The number of hydrogen-bond donors (Lipinski definition) is 1. The van der Waals surface area contributed by atoms with Gasteiger partial charge in [-0.05, 0) is 63.3 Å². The fourth-order valence-corrected chi connectivity index (χ4v) is 4.79. The second-order valence-electron chi connectivity index (χ2n) is 9.00. The minimum atomic E-state index is -0.275. The fourth-order valence-electron chi connectivity index (χ4n) is 4.56. The van der Waals surface area contributed by atoms with Gasteiger partial charge in [-0.1, -0.05) is 11.6 Å². The molecule has 8 nitrogen and oxygen atoms in total. The lowest BCUT2D eigenvalue weighted by molar-refractivity contribution is -0.0502. The maximum atomic E-state index is 12.5. The molecule has 0 bridgehead atoms. The predicted molar refractivity (Wildman–Crippen MR) is 126 cm³/mol. The van der Waals surface area contributed by atoms with E-state index in [0.717, 1.165) is 43.1 Å². The van der Waals surface area contributed by atoms with E-state index in [1.54, 1.807) is 18.2 Å². The van der Waals surface area contributed by atoms with E-state index in [-0.39, 0.29) is 17.7 Å². The number of carbonyl (C=O) groups is 1.